The SMILES string of the molecule is O=c1cc2c(c(O)n1CCCCN1CCN(c3ncccn3)CC1)c1ccccc1n2Cc1ccccc1. The first-order valence-corrected chi connectivity index (χ1v) is 13.3. The molecule has 1 fully saturated rings. The zero-order valence-electron chi connectivity index (χ0n) is 21.4. The van der Waals surface area contributed by atoms with Crippen molar-refractivity contribution in [1.82, 2.24) is 24.0 Å². The van der Waals surface area contributed by atoms with Gasteiger partial charge in [0, 0.05) is 68.6 Å². The molecule has 1 saturated heterocycles. The van der Waals surface area contributed by atoms with E-state index in [0.717, 1.165) is 78.9 Å². The van der Waals surface area contributed by atoms with Gasteiger partial charge in [-0.05, 0) is 37.1 Å². The van der Waals surface area contributed by atoms with Gasteiger partial charge in [-0.25, -0.2) is 9.97 Å². The molecule has 0 saturated carbocycles. The Morgan fingerprint density at radius 2 is 1.47 bits per heavy atom. The summed E-state index contributed by atoms with van der Waals surface area (Å²) in [7, 11) is 0. The van der Waals surface area contributed by atoms with Crippen LogP contribution in [0.15, 0.2) is 83.9 Å². The molecular formula is C30H32N6O2. The molecular weight excluding hydrogens is 476 g/mol. The lowest BCUT2D eigenvalue weighted by atomic mass is 10.2. The normalized spacial score (nSPS) is 14.5. The number of fused-ring (bicyclic) bond motifs is 3. The van der Waals surface area contributed by atoms with E-state index in [1.165, 1.54) is 4.57 Å². The molecule has 8 nitrogen and oxygen atoms in total. The maximum Gasteiger partial charge on any atom is 0.255 e. The van der Waals surface area contributed by atoms with E-state index < -0.39 is 0 Å². The average molecular weight is 509 g/mol. The fourth-order valence-corrected chi connectivity index (χ4v) is 5.53. The summed E-state index contributed by atoms with van der Waals surface area (Å²) in [6.45, 7) is 5.86. The molecule has 0 atom stereocenters. The first-order chi connectivity index (χ1) is 18.7. The van der Waals surface area contributed by atoms with Gasteiger partial charge >= 0.3 is 0 Å². The molecule has 1 N–H and O–H groups in total. The number of hydrogen-bond donors (Lipinski definition) is 1. The van der Waals surface area contributed by atoms with Gasteiger partial charge in [-0.3, -0.25) is 14.3 Å². The highest BCUT2D eigenvalue weighted by molar-refractivity contribution is 6.10. The molecule has 3 aromatic heterocycles. The number of piperazine rings is 1. The first-order valence-electron chi connectivity index (χ1n) is 13.3. The Balaban J connectivity index is 1.15. The molecule has 38 heavy (non-hydrogen) atoms. The van der Waals surface area contributed by atoms with Gasteiger partial charge in [0.25, 0.3) is 5.56 Å². The smallest absolute Gasteiger partial charge is 0.255 e. The summed E-state index contributed by atoms with van der Waals surface area (Å²) in [6.07, 6.45) is 5.35. The van der Waals surface area contributed by atoms with E-state index in [9.17, 15) is 9.90 Å². The quantitative estimate of drug-likeness (QED) is 0.318. The summed E-state index contributed by atoms with van der Waals surface area (Å²) in [6, 6.07) is 21.8. The Hall–Kier alpha value is -4.17. The van der Waals surface area contributed by atoms with Crippen molar-refractivity contribution < 1.29 is 5.11 Å². The molecule has 5 aromatic rings. The summed E-state index contributed by atoms with van der Waals surface area (Å²) in [5, 5.41) is 13.0. The van der Waals surface area contributed by atoms with Crippen LogP contribution in [0.3, 0.4) is 0 Å². The predicted octanol–water partition coefficient (Wildman–Crippen LogP) is 4.10. The minimum absolute atomic E-state index is 0.0620. The summed E-state index contributed by atoms with van der Waals surface area (Å²) in [5.41, 5.74) is 2.77. The van der Waals surface area contributed by atoms with E-state index >= 15 is 0 Å². The van der Waals surface area contributed by atoms with Crippen LogP contribution >= 0.6 is 0 Å². The molecule has 0 aliphatic carbocycles. The number of para-hydroxylation sites is 1. The summed E-state index contributed by atoms with van der Waals surface area (Å²) >= 11 is 0. The van der Waals surface area contributed by atoms with Crippen molar-refractivity contribution in [1.29, 1.82) is 0 Å². The Kier molecular flexibility index (Phi) is 6.79. The number of benzene rings is 2. The van der Waals surface area contributed by atoms with Gasteiger partial charge in [-0.2, -0.15) is 0 Å². The van der Waals surface area contributed by atoms with Crippen LogP contribution in [0.1, 0.15) is 18.4 Å². The standard InChI is InChI=1S/C30H32N6O2/c37-27-21-26-28(24-11-4-5-12-25(24)36(26)22-23-9-2-1-3-10-23)29(38)35(27)16-7-6-15-33-17-19-34(20-18-33)30-31-13-8-14-32-30/h1-5,8-14,21,38H,6-7,15-20,22H2. The van der Waals surface area contributed by atoms with Crippen molar-refractivity contribution in [3.8, 4) is 5.88 Å². The fourth-order valence-electron chi connectivity index (χ4n) is 5.53. The van der Waals surface area contributed by atoms with Gasteiger partial charge in [0.05, 0.1) is 10.9 Å². The molecule has 0 unspecified atom stereocenters. The lowest BCUT2D eigenvalue weighted by Crippen LogP contribution is -2.47. The average Bonchev–Trinajstić information content (AvgIpc) is 3.27. The number of nitrogens with zero attached hydrogens (tertiary/aromatic N) is 6. The van der Waals surface area contributed by atoms with E-state index in [-0.39, 0.29) is 11.4 Å². The second kappa shape index (κ2) is 10.7. The molecule has 194 valence electrons. The zero-order chi connectivity index (χ0) is 25.9. The summed E-state index contributed by atoms with van der Waals surface area (Å²) in [4.78, 5) is 26.5. The number of aromatic hydroxyl groups is 1. The van der Waals surface area contributed by atoms with Gasteiger partial charge in [-0.15, -0.1) is 0 Å². The molecule has 0 bridgehead atoms. The van der Waals surface area contributed by atoms with Crippen LogP contribution in [-0.2, 0) is 13.1 Å². The van der Waals surface area contributed by atoms with Gasteiger partial charge in [0.2, 0.25) is 11.8 Å². The van der Waals surface area contributed by atoms with E-state index in [4.69, 9.17) is 0 Å². The Bertz CT molecular complexity index is 1590. The van der Waals surface area contributed by atoms with Gasteiger partial charge < -0.3 is 14.6 Å². The summed E-state index contributed by atoms with van der Waals surface area (Å²) in [5.74, 6) is 0.856. The van der Waals surface area contributed by atoms with Crippen LogP contribution in [0.25, 0.3) is 21.8 Å². The van der Waals surface area contributed by atoms with Gasteiger partial charge in [0.15, 0.2) is 0 Å². The van der Waals surface area contributed by atoms with Crippen LogP contribution in [-0.4, -0.2) is 61.8 Å². The lowest BCUT2D eigenvalue weighted by Gasteiger charge is -2.34. The van der Waals surface area contributed by atoms with E-state index in [1.54, 1.807) is 18.5 Å². The highest BCUT2D eigenvalue weighted by Gasteiger charge is 2.20. The number of unbranched alkanes of at least 4 members (excludes halogenated alkanes) is 1. The van der Waals surface area contributed by atoms with Crippen molar-refractivity contribution in [2.75, 3.05) is 37.6 Å². The Labute approximate surface area is 221 Å². The molecule has 0 spiro atoms. The molecule has 8 heteroatoms. The molecule has 2 aromatic carbocycles. The molecule has 1 aliphatic heterocycles. The van der Waals surface area contributed by atoms with Crippen LogP contribution in [0, 0.1) is 0 Å². The third-order valence-corrected chi connectivity index (χ3v) is 7.51. The van der Waals surface area contributed by atoms with Crippen LogP contribution in [0.2, 0.25) is 0 Å². The fraction of sp³-hybridized carbons (Fsp3) is 0.300. The Morgan fingerprint density at radius 1 is 0.763 bits per heavy atom. The third kappa shape index (κ3) is 4.75. The maximum absolute atomic E-state index is 13.2. The highest BCUT2D eigenvalue weighted by atomic mass is 16.3. The summed E-state index contributed by atoms with van der Waals surface area (Å²) < 4.78 is 3.66. The number of aromatic nitrogens is 4. The van der Waals surface area contributed by atoms with Crippen LogP contribution < -0.4 is 10.5 Å². The highest BCUT2D eigenvalue weighted by Crippen LogP contribution is 2.34. The number of hydrogen-bond acceptors (Lipinski definition) is 6. The largest absolute Gasteiger partial charge is 0.494 e. The lowest BCUT2D eigenvalue weighted by molar-refractivity contribution is 0.249. The third-order valence-electron chi connectivity index (χ3n) is 7.51. The zero-order valence-corrected chi connectivity index (χ0v) is 21.4. The maximum atomic E-state index is 13.2. The second-order valence-corrected chi connectivity index (χ2v) is 9.89. The van der Waals surface area contributed by atoms with Crippen molar-refractivity contribution in [3.63, 3.8) is 0 Å². The second-order valence-electron chi connectivity index (χ2n) is 9.89. The van der Waals surface area contributed by atoms with Gasteiger partial charge in [-0.1, -0.05) is 48.5 Å². The van der Waals surface area contributed by atoms with Crippen molar-refractivity contribution in [2.24, 2.45) is 0 Å². The minimum Gasteiger partial charge on any atom is -0.494 e. The molecule has 6 rings (SSSR count). The number of pyridine rings is 1. The van der Waals surface area contributed by atoms with E-state index in [2.05, 4.69) is 42.5 Å². The molecule has 1 aliphatic rings. The van der Waals surface area contributed by atoms with Gasteiger partial charge in [0.1, 0.15) is 0 Å². The monoisotopic (exact) mass is 508 g/mol. The molecule has 0 amide bonds. The van der Waals surface area contributed by atoms with Crippen molar-refractivity contribution in [2.45, 2.75) is 25.9 Å². The number of rotatable bonds is 8. The van der Waals surface area contributed by atoms with E-state index in [0.29, 0.717) is 13.1 Å². The molecule has 4 heterocycles. The van der Waals surface area contributed by atoms with Crippen LogP contribution in [0.5, 0.6) is 5.88 Å². The Morgan fingerprint density at radius 3 is 2.26 bits per heavy atom. The topological polar surface area (TPSA) is 79.4 Å². The number of anilines is 1. The van der Waals surface area contributed by atoms with Crippen LogP contribution in [0.4, 0.5) is 5.95 Å². The van der Waals surface area contributed by atoms with Crippen molar-refractivity contribution >= 4 is 27.8 Å². The van der Waals surface area contributed by atoms with Crippen molar-refractivity contribution in [3.05, 3.63) is 95.0 Å². The molecule has 0 radical (unpaired) electrons. The first kappa shape index (κ1) is 24.2. The predicted molar refractivity (Wildman–Crippen MR) is 151 cm³/mol. The minimum atomic E-state index is -0.163. The van der Waals surface area contributed by atoms with E-state index in [1.807, 2.05) is 42.5 Å².